The average Bonchev–Trinajstić information content (AvgIpc) is 2.30. The van der Waals surface area contributed by atoms with E-state index in [0.29, 0.717) is 6.54 Å². The number of hydrogen-bond donors (Lipinski definition) is 2. The predicted molar refractivity (Wildman–Crippen MR) is 82.9 cm³/mol. The number of nitrogens with zero attached hydrogens (tertiary/aromatic N) is 1. The second-order valence-electron chi connectivity index (χ2n) is 6.16. The molecule has 1 amide bonds. The third-order valence-electron chi connectivity index (χ3n) is 3.41. The van der Waals surface area contributed by atoms with Crippen LogP contribution in [0.5, 0.6) is 0 Å². The number of amides is 1. The lowest BCUT2D eigenvalue weighted by atomic mass is 10.1. The van der Waals surface area contributed by atoms with E-state index in [2.05, 4.69) is 5.32 Å². The first-order chi connectivity index (χ1) is 9.11. The van der Waals surface area contributed by atoms with Crippen molar-refractivity contribution in [3.63, 3.8) is 0 Å². The van der Waals surface area contributed by atoms with Gasteiger partial charge in [0.05, 0.1) is 11.6 Å². The van der Waals surface area contributed by atoms with Crippen LogP contribution in [0, 0.1) is 13.8 Å². The average molecular weight is 278 g/mol. The van der Waals surface area contributed by atoms with Crippen LogP contribution in [0.15, 0.2) is 18.2 Å². The second kappa shape index (κ2) is 6.37. The predicted octanol–water partition coefficient (Wildman–Crippen LogP) is 2.33. The Morgan fingerprint density at radius 3 is 2.30 bits per heavy atom. The zero-order valence-electron chi connectivity index (χ0n) is 13.3. The van der Waals surface area contributed by atoms with Gasteiger partial charge in [-0.1, -0.05) is 18.2 Å². The van der Waals surface area contributed by atoms with Crippen molar-refractivity contribution in [1.29, 1.82) is 0 Å². The molecule has 20 heavy (non-hydrogen) atoms. The number of para-hydroxylation sites is 1. The summed E-state index contributed by atoms with van der Waals surface area (Å²) >= 11 is 0. The molecule has 0 heterocycles. The number of aliphatic hydroxyl groups is 1. The fourth-order valence-electron chi connectivity index (χ4n) is 2.19. The molecule has 1 rings (SSSR count). The molecular weight excluding hydrogens is 252 g/mol. The van der Waals surface area contributed by atoms with Crippen molar-refractivity contribution in [2.24, 2.45) is 0 Å². The molecule has 0 saturated heterocycles. The zero-order chi connectivity index (χ0) is 15.5. The van der Waals surface area contributed by atoms with Gasteiger partial charge in [0.1, 0.15) is 0 Å². The van der Waals surface area contributed by atoms with E-state index in [1.807, 2.05) is 50.9 Å². The molecule has 0 aliphatic rings. The molecule has 0 aromatic heterocycles. The highest BCUT2D eigenvalue weighted by Gasteiger charge is 2.24. The van der Waals surface area contributed by atoms with Gasteiger partial charge in [0, 0.05) is 12.2 Å². The summed E-state index contributed by atoms with van der Waals surface area (Å²) in [6, 6.07) is 5.63. The maximum Gasteiger partial charge on any atom is 0.241 e. The van der Waals surface area contributed by atoms with Gasteiger partial charge in [-0.05, 0) is 52.8 Å². The summed E-state index contributed by atoms with van der Waals surface area (Å²) in [5.41, 5.74) is 2.16. The molecule has 0 aliphatic carbocycles. The number of carbonyl (C=O) groups excluding carboxylic acids is 1. The number of carbonyl (C=O) groups is 1. The SMILES string of the molecule is Cc1cccc(C)c1NC(=O)C(C)N(C)CC(C)(C)O. The molecular formula is C16H26N2O2. The highest BCUT2D eigenvalue weighted by atomic mass is 16.3. The lowest BCUT2D eigenvalue weighted by molar-refractivity contribution is -0.121. The van der Waals surface area contributed by atoms with E-state index in [-0.39, 0.29) is 11.9 Å². The van der Waals surface area contributed by atoms with Gasteiger partial charge in [-0.3, -0.25) is 9.69 Å². The lowest BCUT2D eigenvalue weighted by Crippen LogP contribution is -2.46. The number of hydrogen-bond acceptors (Lipinski definition) is 3. The Morgan fingerprint density at radius 1 is 1.35 bits per heavy atom. The second-order valence-corrected chi connectivity index (χ2v) is 6.16. The van der Waals surface area contributed by atoms with Gasteiger partial charge in [0.15, 0.2) is 0 Å². The van der Waals surface area contributed by atoms with Crippen molar-refractivity contribution in [3.05, 3.63) is 29.3 Å². The van der Waals surface area contributed by atoms with E-state index in [1.165, 1.54) is 0 Å². The molecule has 4 nitrogen and oxygen atoms in total. The molecule has 0 radical (unpaired) electrons. The van der Waals surface area contributed by atoms with Gasteiger partial charge in [-0.25, -0.2) is 0 Å². The number of nitrogens with one attached hydrogen (secondary N) is 1. The number of anilines is 1. The molecule has 1 atom stereocenters. The lowest BCUT2D eigenvalue weighted by Gasteiger charge is -2.30. The molecule has 1 aromatic rings. The van der Waals surface area contributed by atoms with Gasteiger partial charge in [-0.2, -0.15) is 0 Å². The van der Waals surface area contributed by atoms with Crippen LogP contribution in [0.4, 0.5) is 5.69 Å². The summed E-state index contributed by atoms with van der Waals surface area (Å²) in [5, 5.41) is 12.8. The maximum atomic E-state index is 12.3. The smallest absolute Gasteiger partial charge is 0.241 e. The van der Waals surface area contributed by atoms with Crippen LogP contribution in [0.25, 0.3) is 0 Å². The topological polar surface area (TPSA) is 52.6 Å². The fourth-order valence-corrected chi connectivity index (χ4v) is 2.19. The quantitative estimate of drug-likeness (QED) is 0.869. The van der Waals surface area contributed by atoms with E-state index < -0.39 is 5.60 Å². The fraction of sp³-hybridized carbons (Fsp3) is 0.562. The molecule has 0 spiro atoms. The van der Waals surface area contributed by atoms with Gasteiger partial charge in [0.25, 0.3) is 0 Å². The summed E-state index contributed by atoms with van der Waals surface area (Å²) in [6.45, 7) is 9.71. The van der Waals surface area contributed by atoms with E-state index in [0.717, 1.165) is 16.8 Å². The molecule has 1 aromatic carbocycles. The molecule has 4 heteroatoms. The van der Waals surface area contributed by atoms with Crippen molar-refractivity contribution in [1.82, 2.24) is 4.90 Å². The summed E-state index contributed by atoms with van der Waals surface area (Å²) in [7, 11) is 1.84. The Bertz CT molecular complexity index is 458. The third-order valence-corrected chi connectivity index (χ3v) is 3.41. The van der Waals surface area contributed by atoms with E-state index in [9.17, 15) is 9.90 Å². The van der Waals surface area contributed by atoms with Crippen molar-refractivity contribution >= 4 is 11.6 Å². The van der Waals surface area contributed by atoms with Crippen LogP contribution in [0.3, 0.4) is 0 Å². The van der Waals surface area contributed by atoms with Crippen molar-refractivity contribution in [2.75, 3.05) is 18.9 Å². The molecule has 0 bridgehead atoms. The monoisotopic (exact) mass is 278 g/mol. The first-order valence-electron chi connectivity index (χ1n) is 6.91. The largest absolute Gasteiger partial charge is 0.389 e. The summed E-state index contributed by atoms with van der Waals surface area (Å²) in [6.07, 6.45) is 0. The van der Waals surface area contributed by atoms with Gasteiger partial charge in [0.2, 0.25) is 5.91 Å². The Morgan fingerprint density at radius 2 is 1.85 bits per heavy atom. The molecule has 0 fully saturated rings. The minimum atomic E-state index is -0.818. The van der Waals surface area contributed by atoms with Crippen LogP contribution in [-0.4, -0.2) is 41.1 Å². The van der Waals surface area contributed by atoms with Gasteiger partial charge >= 0.3 is 0 Å². The highest BCUT2D eigenvalue weighted by molar-refractivity contribution is 5.95. The van der Waals surface area contributed by atoms with Crippen LogP contribution in [0.1, 0.15) is 31.9 Å². The van der Waals surface area contributed by atoms with Crippen molar-refractivity contribution in [2.45, 2.75) is 46.3 Å². The van der Waals surface area contributed by atoms with Crippen molar-refractivity contribution < 1.29 is 9.90 Å². The first-order valence-corrected chi connectivity index (χ1v) is 6.91. The van der Waals surface area contributed by atoms with E-state index >= 15 is 0 Å². The van der Waals surface area contributed by atoms with Crippen LogP contribution >= 0.6 is 0 Å². The Balaban J connectivity index is 2.76. The van der Waals surface area contributed by atoms with Crippen molar-refractivity contribution in [3.8, 4) is 0 Å². The standard InChI is InChI=1S/C16H26N2O2/c1-11-8-7-9-12(2)14(11)17-15(19)13(3)18(6)10-16(4,5)20/h7-9,13,20H,10H2,1-6H3,(H,17,19). The molecule has 112 valence electrons. The Kier molecular flexibility index (Phi) is 5.31. The number of aryl methyl sites for hydroxylation is 2. The minimum Gasteiger partial charge on any atom is -0.389 e. The summed E-state index contributed by atoms with van der Waals surface area (Å²) in [4.78, 5) is 14.2. The summed E-state index contributed by atoms with van der Waals surface area (Å²) < 4.78 is 0. The minimum absolute atomic E-state index is 0.0610. The molecule has 2 N–H and O–H groups in total. The number of likely N-dealkylation sites (N-methyl/N-ethyl adjacent to an activating group) is 1. The van der Waals surface area contributed by atoms with E-state index in [1.54, 1.807) is 13.8 Å². The molecule has 0 aliphatic heterocycles. The van der Waals surface area contributed by atoms with Crippen LogP contribution in [-0.2, 0) is 4.79 Å². The van der Waals surface area contributed by atoms with Gasteiger partial charge in [-0.15, -0.1) is 0 Å². The molecule has 0 saturated carbocycles. The number of rotatable bonds is 5. The van der Waals surface area contributed by atoms with Gasteiger partial charge < -0.3 is 10.4 Å². The Hall–Kier alpha value is -1.39. The normalized spacial score (nSPS) is 13.4. The highest BCUT2D eigenvalue weighted by Crippen LogP contribution is 2.20. The maximum absolute atomic E-state index is 12.3. The third kappa shape index (κ3) is 4.62. The first kappa shape index (κ1) is 16.7. The molecule has 1 unspecified atom stereocenters. The Labute approximate surface area is 121 Å². The van der Waals surface area contributed by atoms with Crippen LogP contribution < -0.4 is 5.32 Å². The zero-order valence-corrected chi connectivity index (χ0v) is 13.3. The number of benzene rings is 1. The van der Waals surface area contributed by atoms with E-state index in [4.69, 9.17) is 0 Å². The summed E-state index contributed by atoms with van der Waals surface area (Å²) in [5.74, 6) is -0.0610. The van der Waals surface area contributed by atoms with Crippen LogP contribution in [0.2, 0.25) is 0 Å².